The molecule has 0 aromatic carbocycles. The number of carboxylic acids is 1. The van der Waals surface area contributed by atoms with Crippen LogP contribution in [0.1, 0.15) is 27.2 Å². The smallest absolute Gasteiger partial charge is 0.862 e. The predicted octanol–water partition coefficient (Wildman–Crippen LogP) is -2.73. The van der Waals surface area contributed by atoms with E-state index < -0.39 is 17.9 Å². The molecule has 0 aromatic rings. The van der Waals surface area contributed by atoms with Gasteiger partial charge in [0.2, 0.25) is 0 Å². The van der Waals surface area contributed by atoms with E-state index in [4.69, 9.17) is 5.11 Å². The Morgan fingerprint density at radius 2 is 2.00 bits per heavy atom. The average molecular weight is 195 g/mol. The zero-order valence-corrected chi connectivity index (χ0v) is 10.6. The van der Waals surface area contributed by atoms with E-state index in [9.17, 15) is 9.90 Å². The third-order valence-corrected chi connectivity index (χ3v) is 1.32. The Kier molecular flexibility index (Phi) is 8.72. The van der Waals surface area contributed by atoms with Crippen LogP contribution in [0.5, 0.6) is 0 Å². The minimum atomic E-state index is -1.03. The third-order valence-electron chi connectivity index (χ3n) is 1.32. The molecule has 1 N–H and O–H groups in total. The van der Waals surface area contributed by atoms with E-state index in [1.54, 1.807) is 0 Å². The summed E-state index contributed by atoms with van der Waals surface area (Å²) in [6.45, 7) is 5.05. The van der Waals surface area contributed by atoms with Gasteiger partial charge in [0.15, 0.2) is 0 Å². The second-order valence-corrected chi connectivity index (χ2v) is 3.13. The van der Waals surface area contributed by atoms with Crippen molar-refractivity contribution in [2.75, 3.05) is 0 Å². The SMILES string of the molecule is CC([O-])=N[C@@H](CC(C)C)C(=O)O.[Na+]. The average Bonchev–Trinajstić information content (AvgIpc) is 1.83. The molecule has 0 aliphatic carbocycles. The van der Waals surface area contributed by atoms with Gasteiger partial charge in [-0.25, -0.2) is 4.79 Å². The summed E-state index contributed by atoms with van der Waals surface area (Å²) >= 11 is 0. The molecule has 4 nitrogen and oxygen atoms in total. The summed E-state index contributed by atoms with van der Waals surface area (Å²) in [5.74, 6) is -1.23. The molecule has 1 atom stereocenters. The molecule has 0 aliphatic rings. The number of nitrogens with zero attached hydrogens (tertiary/aromatic N) is 1. The first-order valence-corrected chi connectivity index (χ1v) is 3.87. The van der Waals surface area contributed by atoms with E-state index >= 15 is 0 Å². The Morgan fingerprint density at radius 1 is 1.54 bits per heavy atom. The maximum Gasteiger partial charge on any atom is 1.00 e. The van der Waals surface area contributed by atoms with Gasteiger partial charge in [-0.15, -0.1) is 0 Å². The Balaban J connectivity index is 0. The fraction of sp³-hybridized carbons (Fsp3) is 0.750. The van der Waals surface area contributed by atoms with Gasteiger partial charge in [0.05, 0.1) is 0 Å². The van der Waals surface area contributed by atoms with Crippen LogP contribution < -0.4 is 34.7 Å². The molecule has 0 unspecified atom stereocenters. The summed E-state index contributed by atoms with van der Waals surface area (Å²) in [6.07, 6.45) is 0.412. The molecule has 0 rings (SSSR count). The van der Waals surface area contributed by atoms with Gasteiger partial charge in [-0.3, -0.25) is 4.99 Å². The normalized spacial score (nSPS) is 13.7. The zero-order chi connectivity index (χ0) is 9.72. The molecular formula is C8H14NNaO3. The molecule has 0 bridgehead atoms. The van der Waals surface area contributed by atoms with Crippen LogP contribution in [0.15, 0.2) is 4.99 Å². The van der Waals surface area contributed by atoms with E-state index in [-0.39, 0.29) is 35.5 Å². The molecule has 5 heteroatoms. The van der Waals surface area contributed by atoms with Gasteiger partial charge in [0.25, 0.3) is 0 Å². The molecule has 0 aromatic heterocycles. The Morgan fingerprint density at radius 3 is 2.23 bits per heavy atom. The van der Waals surface area contributed by atoms with Gasteiger partial charge in [-0.05, 0) is 25.2 Å². The number of rotatable bonds is 4. The van der Waals surface area contributed by atoms with Crippen LogP contribution in [0.25, 0.3) is 0 Å². The van der Waals surface area contributed by atoms with E-state index in [0.29, 0.717) is 6.42 Å². The van der Waals surface area contributed by atoms with Crippen molar-refractivity contribution in [3.8, 4) is 0 Å². The van der Waals surface area contributed by atoms with Crippen LogP contribution in [0.2, 0.25) is 0 Å². The molecule has 0 aliphatic heterocycles. The molecule has 0 amide bonds. The summed E-state index contributed by atoms with van der Waals surface area (Å²) in [5, 5.41) is 19.1. The molecule has 70 valence electrons. The largest absolute Gasteiger partial charge is 1.00 e. The summed E-state index contributed by atoms with van der Waals surface area (Å²) < 4.78 is 0. The van der Waals surface area contributed by atoms with Gasteiger partial charge < -0.3 is 10.2 Å². The molecule has 0 fully saturated rings. The van der Waals surface area contributed by atoms with Crippen molar-refractivity contribution >= 4 is 11.9 Å². The van der Waals surface area contributed by atoms with Crippen molar-refractivity contribution in [2.24, 2.45) is 10.9 Å². The number of aliphatic carboxylic acids is 1. The Labute approximate surface area is 100 Å². The van der Waals surface area contributed by atoms with Crippen molar-refractivity contribution < 1.29 is 44.6 Å². The molecule has 0 spiro atoms. The van der Waals surface area contributed by atoms with Gasteiger partial charge in [-0.2, -0.15) is 0 Å². The summed E-state index contributed by atoms with van der Waals surface area (Å²) in [4.78, 5) is 14.0. The van der Waals surface area contributed by atoms with Crippen LogP contribution in [-0.4, -0.2) is 23.0 Å². The minimum Gasteiger partial charge on any atom is -0.862 e. The fourth-order valence-electron chi connectivity index (χ4n) is 0.875. The van der Waals surface area contributed by atoms with Gasteiger partial charge in [-0.1, -0.05) is 13.8 Å². The summed E-state index contributed by atoms with van der Waals surface area (Å²) in [6, 6.07) is -0.873. The summed E-state index contributed by atoms with van der Waals surface area (Å²) in [5.41, 5.74) is 0. The number of hydrogen-bond donors (Lipinski definition) is 1. The van der Waals surface area contributed by atoms with Crippen molar-refractivity contribution in [2.45, 2.75) is 33.2 Å². The van der Waals surface area contributed by atoms with Crippen LogP contribution in [0.3, 0.4) is 0 Å². The first-order valence-electron chi connectivity index (χ1n) is 3.87. The van der Waals surface area contributed by atoms with Crippen molar-refractivity contribution in [1.82, 2.24) is 0 Å². The van der Waals surface area contributed by atoms with Crippen molar-refractivity contribution in [1.29, 1.82) is 0 Å². The maximum atomic E-state index is 10.5. The monoisotopic (exact) mass is 195 g/mol. The minimum absolute atomic E-state index is 0. The van der Waals surface area contributed by atoms with Gasteiger partial charge >= 0.3 is 35.5 Å². The number of carbonyl (C=O) groups is 1. The first kappa shape index (κ1) is 15.4. The summed E-state index contributed by atoms with van der Waals surface area (Å²) in [7, 11) is 0. The first-order chi connectivity index (χ1) is 5.43. The predicted molar refractivity (Wildman–Crippen MR) is 44.0 cm³/mol. The van der Waals surface area contributed by atoms with Crippen molar-refractivity contribution in [3.05, 3.63) is 0 Å². The molecule has 0 saturated heterocycles. The molecule has 0 heterocycles. The van der Waals surface area contributed by atoms with E-state index in [2.05, 4.69) is 4.99 Å². The van der Waals surface area contributed by atoms with Gasteiger partial charge in [0.1, 0.15) is 6.04 Å². The van der Waals surface area contributed by atoms with E-state index in [0.717, 1.165) is 0 Å². The second kappa shape index (κ2) is 7.35. The third kappa shape index (κ3) is 8.28. The van der Waals surface area contributed by atoms with Crippen LogP contribution in [0, 0.1) is 5.92 Å². The molecule has 0 radical (unpaired) electrons. The topological polar surface area (TPSA) is 72.7 Å². The van der Waals surface area contributed by atoms with Crippen LogP contribution >= 0.6 is 0 Å². The molecular weight excluding hydrogens is 181 g/mol. The number of hydrogen-bond acceptors (Lipinski definition) is 3. The zero-order valence-electron chi connectivity index (χ0n) is 8.57. The number of carboxylic acid groups (broad SMARTS) is 1. The van der Waals surface area contributed by atoms with Crippen molar-refractivity contribution in [3.63, 3.8) is 0 Å². The standard InChI is InChI=1S/C8H15NO3.Na/c1-5(2)4-7(8(11)12)9-6(3)10;/h5,7H,4H2,1-3H3,(H,9,10)(H,11,12);/q;+1/p-1/t7-;/m0./s1. The quantitative estimate of drug-likeness (QED) is 0.301. The van der Waals surface area contributed by atoms with Crippen LogP contribution in [-0.2, 0) is 4.79 Å². The Bertz CT molecular complexity index is 188. The fourth-order valence-corrected chi connectivity index (χ4v) is 0.875. The van der Waals surface area contributed by atoms with E-state index in [1.807, 2.05) is 13.8 Å². The maximum absolute atomic E-state index is 10.5. The second-order valence-electron chi connectivity index (χ2n) is 3.13. The van der Waals surface area contributed by atoms with Crippen LogP contribution in [0.4, 0.5) is 0 Å². The molecule has 0 saturated carbocycles. The Hall–Kier alpha value is -0.0600. The number of aliphatic imine (C=N–C) groups is 1. The molecule has 13 heavy (non-hydrogen) atoms. The van der Waals surface area contributed by atoms with Gasteiger partial charge in [0, 0.05) is 0 Å². The van der Waals surface area contributed by atoms with E-state index in [1.165, 1.54) is 6.92 Å².